The van der Waals surface area contributed by atoms with Crippen LogP contribution >= 0.6 is 0 Å². The molecule has 0 aliphatic rings. The Balaban J connectivity index is 1.77. The third kappa shape index (κ3) is 6.88. The fraction of sp³-hybridized carbons (Fsp3) is 0.435. The Morgan fingerprint density at radius 1 is 1.07 bits per heavy atom. The summed E-state index contributed by atoms with van der Waals surface area (Å²) < 4.78 is 10.8. The molecular weight excluding hydrogens is 352 g/mol. The van der Waals surface area contributed by atoms with Gasteiger partial charge in [-0.25, -0.2) is 0 Å². The van der Waals surface area contributed by atoms with Gasteiger partial charge >= 0.3 is 0 Å². The number of hydrogen-bond acceptors (Lipinski definition) is 5. The number of hydrogen-bond donors (Lipinski definition) is 2. The summed E-state index contributed by atoms with van der Waals surface area (Å²) in [5.41, 5.74) is 2.00. The van der Waals surface area contributed by atoms with E-state index in [1.54, 1.807) is 7.11 Å². The predicted octanol–water partition coefficient (Wildman–Crippen LogP) is 3.67. The molecule has 0 aliphatic heterocycles. The van der Waals surface area contributed by atoms with Crippen molar-refractivity contribution in [1.82, 2.24) is 5.32 Å². The summed E-state index contributed by atoms with van der Waals surface area (Å²) in [6.07, 6.45) is 0.219. The highest BCUT2D eigenvalue weighted by molar-refractivity contribution is 5.31. The Morgan fingerprint density at radius 3 is 2.25 bits per heavy atom. The van der Waals surface area contributed by atoms with E-state index in [9.17, 15) is 5.11 Å². The van der Waals surface area contributed by atoms with Crippen LogP contribution in [0.4, 0.5) is 0 Å². The van der Waals surface area contributed by atoms with Gasteiger partial charge in [-0.15, -0.1) is 0 Å². The van der Waals surface area contributed by atoms with Gasteiger partial charge in [-0.1, -0.05) is 24.3 Å². The molecule has 0 fully saturated rings. The second-order valence-electron chi connectivity index (χ2n) is 7.67. The van der Waals surface area contributed by atoms with Gasteiger partial charge in [-0.2, -0.15) is 5.26 Å². The first-order chi connectivity index (χ1) is 13.3. The summed E-state index contributed by atoms with van der Waals surface area (Å²) >= 11 is 0. The lowest BCUT2D eigenvalue weighted by atomic mass is 9.94. The van der Waals surface area contributed by atoms with Crippen LogP contribution < -0.4 is 14.8 Å². The van der Waals surface area contributed by atoms with Crippen molar-refractivity contribution in [3.8, 4) is 17.6 Å². The Kier molecular flexibility index (Phi) is 7.86. The molecule has 0 bridgehead atoms. The van der Waals surface area contributed by atoms with Gasteiger partial charge in [0.05, 0.1) is 19.1 Å². The number of nitrogens with one attached hydrogen (secondary N) is 1. The molecule has 0 aromatic heterocycles. The highest BCUT2D eigenvalue weighted by Crippen LogP contribution is 2.19. The standard InChI is InChI=1S/C23H30N2O3/c1-17(14-24)19-7-11-22(12-8-19)28-16-20(26)15-25-23(2,3)13-18-5-9-21(27-4)10-6-18/h5-12,17,20,25-26H,13,15-16H2,1-4H3/t17-,20+/m0/s1. The molecule has 0 saturated carbocycles. The molecule has 0 aliphatic carbocycles. The van der Waals surface area contributed by atoms with Crippen molar-refractivity contribution < 1.29 is 14.6 Å². The zero-order chi connectivity index (χ0) is 20.6. The van der Waals surface area contributed by atoms with Gasteiger partial charge in [-0.05, 0) is 62.6 Å². The van der Waals surface area contributed by atoms with E-state index >= 15 is 0 Å². The van der Waals surface area contributed by atoms with E-state index in [0.717, 1.165) is 17.7 Å². The minimum Gasteiger partial charge on any atom is -0.497 e. The number of ether oxygens (including phenoxy) is 2. The Morgan fingerprint density at radius 2 is 1.68 bits per heavy atom. The van der Waals surface area contributed by atoms with Gasteiger partial charge in [0.15, 0.2) is 0 Å². The van der Waals surface area contributed by atoms with E-state index in [2.05, 4.69) is 37.4 Å². The molecule has 2 N–H and O–H groups in total. The predicted molar refractivity (Wildman–Crippen MR) is 111 cm³/mol. The molecular formula is C23H30N2O3. The van der Waals surface area contributed by atoms with E-state index in [-0.39, 0.29) is 18.1 Å². The fourth-order valence-electron chi connectivity index (χ4n) is 2.89. The van der Waals surface area contributed by atoms with Crippen LogP contribution in [0, 0.1) is 11.3 Å². The number of benzene rings is 2. The third-order valence-electron chi connectivity index (χ3n) is 4.64. The van der Waals surface area contributed by atoms with Crippen LogP contribution in [0.2, 0.25) is 0 Å². The van der Waals surface area contributed by atoms with Crippen molar-refractivity contribution in [2.75, 3.05) is 20.3 Å². The summed E-state index contributed by atoms with van der Waals surface area (Å²) in [6.45, 7) is 6.73. The van der Waals surface area contributed by atoms with Crippen molar-refractivity contribution in [2.24, 2.45) is 0 Å². The van der Waals surface area contributed by atoms with Crippen molar-refractivity contribution in [3.05, 3.63) is 59.7 Å². The zero-order valence-corrected chi connectivity index (χ0v) is 17.1. The number of nitrogens with zero attached hydrogens (tertiary/aromatic N) is 1. The second-order valence-corrected chi connectivity index (χ2v) is 7.67. The van der Waals surface area contributed by atoms with Crippen LogP contribution in [0.15, 0.2) is 48.5 Å². The normalized spacial score (nSPS) is 13.4. The molecule has 5 nitrogen and oxygen atoms in total. The maximum Gasteiger partial charge on any atom is 0.119 e. The van der Waals surface area contributed by atoms with Gasteiger partial charge < -0.3 is 19.9 Å². The molecule has 0 heterocycles. The summed E-state index contributed by atoms with van der Waals surface area (Å²) in [6, 6.07) is 17.7. The molecule has 28 heavy (non-hydrogen) atoms. The number of methoxy groups -OCH3 is 1. The molecule has 2 rings (SSSR count). The Hall–Kier alpha value is -2.55. The first-order valence-electron chi connectivity index (χ1n) is 9.51. The van der Waals surface area contributed by atoms with Crippen LogP contribution in [-0.2, 0) is 6.42 Å². The monoisotopic (exact) mass is 382 g/mol. The lowest BCUT2D eigenvalue weighted by Crippen LogP contribution is -2.46. The summed E-state index contributed by atoms with van der Waals surface area (Å²) in [7, 11) is 1.66. The minimum absolute atomic E-state index is 0.142. The highest BCUT2D eigenvalue weighted by atomic mass is 16.5. The zero-order valence-electron chi connectivity index (χ0n) is 17.1. The van der Waals surface area contributed by atoms with Crippen LogP contribution in [-0.4, -0.2) is 37.0 Å². The smallest absolute Gasteiger partial charge is 0.119 e. The highest BCUT2D eigenvalue weighted by Gasteiger charge is 2.19. The number of β-amino-alcohol motifs (C(OH)–C–C–N with tert-alkyl or cyclic N) is 1. The summed E-state index contributed by atoms with van der Waals surface area (Å²) in [5, 5.41) is 22.6. The van der Waals surface area contributed by atoms with Crippen molar-refractivity contribution in [1.29, 1.82) is 5.26 Å². The van der Waals surface area contributed by atoms with Gasteiger partial charge in [0.25, 0.3) is 0 Å². The van der Waals surface area contributed by atoms with Crippen molar-refractivity contribution >= 4 is 0 Å². The maximum atomic E-state index is 10.2. The Bertz CT molecular complexity index is 764. The van der Waals surface area contributed by atoms with Crippen LogP contribution in [0.5, 0.6) is 11.5 Å². The van der Waals surface area contributed by atoms with E-state index < -0.39 is 6.10 Å². The lowest BCUT2D eigenvalue weighted by molar-refractivity contribution is 0.0988. The van der Waals surface area contributed by atoms with E-state index in [4.69, 9.17) is 14.7 Å². The second kappa shape index (κ2) is 10.1. The average molecular weight is 383 g/mol. The topological polar surface area (TPSA) is 74.5 Å². The molecule has 150 valence electrons. The van der Waals surface area contributed by atoms with Gasteiger partial charge in [0.2, 0.25) is 0 Å². The molecule has 0 amide bonds. The van der Waals surface area contributed by atoms with Crippen molar-refractivity contribution in [2.45, 2.75) is 44.8 Å². The van der Waals surface area contributed by atoms with Gasteiger partial charge in [-0.3, -0.25) is 0 Å². The summed E-state index contributed by atoms with van der Waals surface area (Å²) in [5.74, 6) is 1.39. The van der Waals surface area contributed by atoms with E-state index in [1.807, 2.05) is 43.3 Å². The lowest BCUT2D eigenvalue weighted by Gasteiger charge is -2.28. The molecule has 5 heteroatoms. The van der Waals surface area contributed by atoms with Crippen molar-refractivity contribution in [3.63, 3.8) is 0 Å². The number of aliphatic hydroxyl groups is 1. The van der Waals surface area contributed by atoms with Crippen LogP contribution in [0.3, 0.4) is 0 Å². The first kappa shape index (κ1) is 21.7. The molecule has 0 spiro atoms. The van der Waals surface area contributed by atoms with Crippen LogP contribution in [0.1, 0.15) is 37.8 Å². The molecule has 0 unspecified atom stereocenters. The average Bonchev–Trinajstić information content (AvgIpc) is 2.71. The summed E-state index contributed by atoms with van der Waals surface area (Å²) in [4.78, 5) is 0. The third-order valence-corrected chi connectivity index (χ3v) is 4.64. The van der Waals surface area contributed by atoms with Crippen LogP contribution in [0.25, 0.3) is 0 Å². The Labute approximate surface area is 167 Å². The van der Waals surface area contributed by atoms with E-state index in [0.29, 0.717) is 12.3 Å². The molecule has 0 saturated heterocycles. The maximum absolute atomic E-state index is 10.2. The number of rotatable bonds is 10. The molecule has 2 aromatic rings. The molecule has 2 atom stereocenters. The number of aliphatic hydroxyl groups excluding tert-OH is 1. The first-order valence-corrected chi connectivity index (χ1v) is 9.51. The fourth-order valence-corrected chi connectivity index (χ4v) is 2.89. The molecule has 0 radical (unpaired) electrons. The minimum atomic E-state index is -0.618. The quantitative estimate of drug-likeness (QED) is 0.656. The number of nitriles is 1. The largest absolute Gasteiger partial charge is 0.497 e. The van der Waals surface area contributed by atoms with E-state index in [1.165, 1.54) is 5.56 Å². The van der Waals surface area contributed by atoms with Gasteiger partial charge in [0, 0.05) is 12.1 Å². The SMILES string of the molecule is COc1ccc(CC(C)(C)NC[C@@H](O)COc2ccc([C@@H](C)C#N)cc2)cc1. The van der Waals surface area contributed by atoms with Gasteiger partial charge in [0.1, 0.15) is 24.2 Å². The molecule has 2 aromatic carbocycles.